The molecule has 1 radical (unpaired) electrons. The Balaban J connectivity index is 2.91. The molecule has 1 aromatic heterocycles. The molecule has 15 heavy (non-hydrogen) atoms. The van der Waals surface area contributed by atoms with Crippen molar-refractivity contribution in [3.8, 4) is 0 Å². The quantitative estimate of drug-likeness (QED) is 0.751. The Hall–Kier alpha value is -1.39. The van der Waals surface area contributed by atoms with E-state index in [2.05, 4.69) is 17.4 Å². The van der Waals surface area contributed by atoms with Crippen LogP contribution in [-0.4, -0.2) is 37.9 Å². The summed E-state index contributed by atoms with van der Waals surface area (Å²) in [7, 11) is 3.54. The molecule has 0 fully saturated rings. The first-order valence-electron chi connectivity index (χ1n) is 4.99. The summed E-state index contributed by atoms with van der Waals surface area (Å²) >= 11 is 0. The Bertz CT molecular complexity index is 335. The summed E-state index contributed by atoms with van der Waals surface area (Å²) in [6.07, 6.45) is 1.53. The SMILES string of the molecule is [CH2]n1cc(C(=O)N(C(C)C)C(C)C)nn1. The van der Waals surface area contributed by atoms with Crippen molar-refractivity contribution in [2.75, 3.05) is 0 Å². The fourth-order valence-corrected chi connectivity index (χ4v) is 1.59. The van der Waals surface area contributed by atoms with E-state index in [9.17, 15) is 4.79 Å². The number of carbonyl (C=O) groups excluding carboxylic acids is 1. The second-order valence-corrected chi connectivity index (χ2v) is 4.04. The van der Waals surface area contributed by atoms with Gasteiger partial charge in [-0.05, 0) is 27.7 Å². The Morgan fingerprint density at radius 2 is 1.93 bits per heavy atom. The Kier molecular flexibility index (Phi) is 3.44. The van der Waals surface area contributed by atoms with Crippen molar-refractivity contribution < 1.29 is 4.79 Å². The van der Waals surface area contributed by atoms with Gasteiger partial charge in [-0.2, -0.15) is 0 Å². The molecule has 0 bridgehead atoms. The summed E-state index contributed by atoms with van der Waals surface area (Å²) in [5.74, 6) is -0.102. The van der Waals surface area contributed by atoms with E-state index in [-0.39, 0.29) is 18.0 Å². The molecule has 5 nitrogen and oxygen atoms in total. The van der Waals surface area contributed by atoms with Crippen molar-refractivity contribution in [3.63, 3.8) is 0 Å². The number of carbonyl (C=O) groups is 1. The van der Waals surface area contributed by atoms with E-state index in [4.69, 9.17) is 0 Å². The summed E-state index contributed by atoms with van der Waals surface area (Å²) in [6.45, 7) is 7.91. The number of amides is 1. The average Bonchev–Trinajstić information content (AvgIpc) is 2.50. The zero-order valence-corrected chi connectivity index (χ0v) is 9.64. The van der Waals surface area contributed by atoms with Crippen LogP contribution in [0.3, 0.4) is 0 Å². The minimum absolute atomic E-state index is 0.102. The predicted octanol–water partition coefficient (Wildman–Crippen LogP) is 1.18. The van der Waals surface area contributed by atoms with Gasteiger partial charge in [-0.15, -0.1) is 5.10 Å². The lowest BCUT2D eigenvalue weighted by molar-refractivity contribution is 0.0637. The fraction of sp³-hybridized carbons (Fsp3) is 0.600. The number of hydrogen-bond acceptors (Lipinski definition) is 3. The van der Waals surface area contributed by atoms with Crippen LogP contribution in [0.15, 0.2) is 6.20 Å². The van der Waals surface area contributed by atoms with Crippen LogP contribution in [0.4, 0.5) is 0 Å². The van der Waals surface area contributed by atoms with Crippen molar-refractivity contribution in [1.29, 1.82) is 0 Å². The highest BCUT2D eigenvalue weighted by Crippen LogP contribution is 2.09. The van der Waals surface area contributed by atoms with Gasteiger partial charge in [0.25, 0.3) is 5.91 Å². The maximum atomic E-state index is 12.0. The summed E-state index contributed by atoms with van der Waals surface area (Å²) in [5, 5.41) is 7.41. The van der Waals surface area contributed by atoms with Crippen LogP contribution in [0, 0.1) is 7.05 Å². The summed E-state index contributed by atoms with van der Waals surface area (Å²) in [6, 6.07) is 0.292. The van der Waals surface area contributed by atoms with E-state index in [0.717, 1.165) is 0 Å². The highest BCUT2D eigenvalue weighted by molar-refractivity contribution is 5.92. The number of hydrogen-bond donors (Lipinski definition) is 0. The molecule has 0 atom stereocenters. The average molecular weight is 209 g/mol. The Morgan fingerprint density at radius 3 is 2.27 bits per heavy atom. The monoisotopic (exact) mass is 209 g/mol. The second kappa shape index (κ2) is 4.42. The molecule has 1 rings (SSSR count). The first-order chi connectivity index (χ1) is 6.93. The van der Waals surface area contributed by atoms with Gasteiger partial charge in [0, 0.05) is 12.1 Å². The minimum atomic E-state index is -0.102. The lowest BCUT2D eigenvalue weighted by Crippen LogP contribution is -2.42. The summed E-state index contributed by atoms with van der Waals surface area (Å²) < 4.78 is 1.28. The van der Waals surface area contributed by atoms with Crippen LogP contribution in [0.5, 0.6) is 0 Å². The largest absolute Gasteiger partial charge is 0.332 e. The molecule has 0 aliphatic rings. The third-order valence-electron chi connectivity index (χ3n) is 2.10. The third-order valence-corrected chi connectivity index (χ3v) is 2.10. The molecule has 1 aromatic rings. The van der Waals surface area contributed by atoms with Crippen LogP contribution < -0.4 is 0 Å². The van der Waals surface area contributed by atoms with Gasteiger partial charge in [0.05, 0.1) is 13.2 Å². The molecule has 0 aliphatic carbocycles. The molecule has 0 saturated heterocycles. The lowest BCUT2D eigenvalue weighted by Gasteiger charge is -2.29. The normalized spacial score (nSPS) is 11.1. The molecule has 0 saturated carbocycles. The van der Waals surface area contributed by atoms with E-state index in [0.29, 0.717) is 5.69 Å². The van der Waals surface area contributed by atoms with Crippen molar-refractivity contribution in [2.45, 2.75) is 39.8 Å². The van der Waals surface area contributed by atoms with Gasteiger partial charge in [-0.1, -0.05) is 5.21 Å². The van der Waals surface area contributed by atoms with Crippen molar-refractivity contribution in [1.82, 2.24) is 19.9 Å². The van der Waals surface area contributed by atoms with Gasteiger partial charge < -0.3 is 4.90 Å². The second-order valence-electron chi connectivity index (χ2n) is 4.04. The zero-order valence-electron chi connectivity index (χ0n) is 9.64. The van der Waals surface area contributed by atoms with Crippen molar-refractivity contribution >= 4 is 5.91 Å². The molecule has 0 unspecified atom stereocenters. The van der Waals surface area contributed by atoms with Gasteiger partial charge in [0.15, 0.2) is 5.69 Å². The van der Waals surface area contributed by atoms with Crippen molar-refractivity contribution in [3.05, 3.63) is 18.9 Å². The maximum absolute atomic E-state index is 12.0. The molecule has 1 heterocycles. The van der Waals surface area contributed by atoms with E-state index in [1.54, 1.807) is 4.90 Å². The molecular weight excluding hydrogens is 192 g/mol. The molecule has 0 aliphatic heterocycles. The van der Waals surface area contributed by atoms with Crippen LogP contribution in [0.1, 0.15) is 38.2 Å². The van der Waals surface area contributed by atoms with Crippen LogP contribution in [0.25, 0.3) is 0 Å². The molecule has 0 aromatic carbocycles. The van der Waals surface area contributed by atoms with Gasteiger partial charge in [0.2, 0.25) is 0 Å². The summed E-state index contributed by atoms with van der Waals surface area (Å²) in [5.41, 5.74) is 0.340. The van der Waals surface area contributed by atoms with Gasteiger partial charge in [-0.25, -0.2) is 4.68 Å². The van der Waals surface area contributed by atoms with Crippen LogP contribution in [-0.2, 0) is 0 Å². The fourth-order valence-electron chi connectivity index (χ4n) is 1.59. The zero-order chi connectivity index (χ0) is 11.6. The van der Waals surface area contributed by atoms with Gasteiger partial charge in [0.1, 0.15) is 0 Å². The highest BCUT2D eigenvalue weighted by atomic mass is 16.2. The number of aromatic nitrogens is 3. The van der Waals surface area contributed by atoms with E-state index >= 15 is 0 Å². The molecule has 5 heteroatoms. The van der Waals surface area contributed by atoms with Gasteiger partial charge in [-0.3, -0.25) is 4.79 Å². The first-order valence-corrected chi connectivity index (χ1v) is 4.99. The smallest absolute Gasteiger partial charge is 0.276 e. The first kappa shape index (κ1) is 11.7. The van der Waals surface area contributed by atoms with Crippen LogP contribution >= 0.6 is 0 Å². The topological polar surface area (TPSA) is 51.0 Å². The minimum Gasteiger partial charge on any atom is -0.332 e. The number of nitrogens with zero attached hydrogens (tertiary/aromatic N) is 4. The molecule has 0 N–H and O–H groups in total. The summed E-state index contributed by atoms with van der Waals surface area (Å²) in [4.78, 5) is 13.8. The molecule has 0 spiro atoms. The standard InChI is InChI=1S/C10H17N4O/c1-7(2)14(8(3)4)10(15)9-6-13(5)12-11-9/h6-8H,5H2,1-4H3. The highest BCUT2D eigenvalue weighted by Gasteiger charge is 2.23. The van der Waals surface area contributed by atoms with E-state index in [1.165, 1.54) is 10.9 Å². The van der Waals surface area contributed by atoms with E-state index < -0.39 is 0 Å². The molecule has 83 valence electrons. The van der Waals surface area contributed by atoms with Crippen molar-refractivity contribution in [2.24, 2.45) is 0 Å². The molecular formula is C10H17N4O. The van der Waals surface area contributed by atoms with E-state index in [1.807, 2.05) is 27.7 Å². The Labute approximate surface area is 90.1 Å². The Morgan fingerprint density at radius 1 is 1.40 bits per heavy atom. The maximum Gasteiger partial charge on any atom is 0.276 e. The predicted molar refractivity (Wildman–Crippen MR) is 57.2 cm³/mol. The molecule has 1 amide bonds. The van der Waals surface area contributed by atoms with Crippen LogP contribution in [0.2, 0.25) is 0 Å². The third kappa shape index (κ3) is 2.55. The van der Waals surface area contributed by atoms with Gasteiger partial charge >= 0.3 is 0 Å². The number of rotatable bonds is 3. The lowest BCUT2D eigenvalue weighted by atomic mass is 10.2.